The molecule has 1 heterocycles. The number of amides is 2. The van der Waals surface area contributed by atoms with E-state index in [-0.39, 0.29) is 29.9 Å². The number of benzene rings is 4. The molecular formula is C38H33FN2O5. The molecule has 2 amide bonds. The molecule has 0 aliphatic heterocycles. The Hall–Kier alpha value is -5.24. The van der Waals surface area contributed by atoms with E-state index in [9.17, 15) is 18.8 Å². The van der Waals surface area contributed by atoms with Gasteiger partial charge in [-0.15, -0.1) is 0 Å². The number of furan rings is 1. The zero-order valence-corrected chi connectivity index (χ0v) is 25.4. The number of hydrogen-bond donors (Lipinski definition) is 2. The highest BCUT2D eigenvalue weighted by molar-refractivity contribution is 6.12. The van der Waals surface area contributed by atoms with E-state index in [1.807, 2.05) is 42.5 Å². The first-order chi connectivity index (χ1) is 22.3. The number of halogens is 1. The van der Waals surface area contributed by atoms with Crippen LogP contribution < -0.4 is 10.6 Å². The molecule has 8 rings (SSSR count). The maximum Gasteiger partial charge on any atom is 0.338 e. The van der Waals surface area contributed by atoms with Gasteiger partial charge in [0.1, 0.15) is 17.2 Å². The van der Waals surface area contributed by atoms with Crippen LogP contribution in [0.1, 0.15) is 62.3 Å². The predicted octanol–water partition coefficient (Wildman–Crippen LogP) is 7.34. The smallest absolute Gasteiger partial charge is 0.338 e. The first-order valence-corrected chi connectivity index (χ1v) is 15.5. The van der Waals surface area contributed by atoms with Gasteiger partial charge in [-0.1, -0.05) is 30.3 Å². The van der Waals surface area contributed by atoms with Crippen molar-refractivity contribution in [2.75, 3.05) is 13.7 Å². The van der Waals surface area contributed by atoms with E-state index in [2.05, 4.69) is 10.6 Å². The van der Waals surface area contributed by atoms with Gasteiger partial charge in [0.05, 0.1) is 17.7 Å². The number of esters is 1. The number of rotatable bonds is 10. The van der Waals surface area contributed by atoms with Gasteiger partial charge in [-0.25, -0.2) is 9.18 Å². The quantitative estimate of drug-likeness (QED) is 0.126. The zero-order chi connectivity index (χ0) is 31.8. The van der Waals surface area contributed by atoms with Gasteiger partial charge in [-0.05, 0) is 115 Å². The predicted molar refractivity (Wildman–Crippen MR) is 173 cm³/mol. The molecule has 0 radical (unpaired) electrons. The van der Waals surface area contributed by atoms with E-state index >= 15 is 0 Å². The third kappa shape index (κ3) is 5.55. The number of aryl methyl sites for hydroxylation is 1. The van der Waals surface area contributed by atoms with E-state index in [0.29, 0.717) is 51.8 Å². The van der Waals surface area contributed by atoms with Gasteiger partial charge in [0.15, 0.2) is 0 Å². The van der Waals surface area contributed by atoms with Crippen molar-refractivity contribution in [1.29, 1.82) is 0 Å². The van der Waals surface area contributed by atoms with Gasteiger partial charge in [-0.2, -0.15) is 0 Å². The Bertz CT molecular complexity index is 1950. The lowest BCUT2D eigenvalue weighted by Crippen LogP contribution is -2.68. The molecule has 2 bridgehead atoms. The third-order valence-electron chi connectivity index (χ3n) is 9.16. The monoisotopic (exact) mass is 616 g/mol. The first kappa shape index (κ1) is 29.5. The number of carbonyl (C=O) groups excluding carboxylic acids is 3. The summed E-state index contributed by atoms with van der Waals surface area (Å²) in [7, 11) is 1.55. The van der Waals surface area contributed by atoms with E-state index in [0.717, 1.165) is 41.9 Å². The molecule has 4 aromatic carbocycles. The maximum absolute atomic E-state index is 13.8. The highest BCUT2D eigenvalue weighted by Gasteiger charge is 2.57. The van der Waals surface area contributed by atoms with Crippen LogP contribution in [0.15, 0.2) is 95.4 Å². The van der Waals surface area contributed by atoms with Crippen molar-refractivity contribution < 1.29 is 27.9 Å². The summed E-state index contributed by atoms with van der Waals surface area (Å²) in [4.78, 5) is 39.0. The van der Waals surface area contributed by atoms with Crippen LogP contribution in [-0.4, -0.2) is 37.0 Å². The second kappa shape index (κ2) is 11.9. The number of ether oxygens (including phenoxy) is 1. The van der Waals surface area contributed by atoms with Gasteiger partial charge < -0.3 is 19.8 Å². The molecule has 3 aliphatic carbocycles. The van der Waals surface area contributed by atoms with Crippen molar-refractivity contribution in [2.24, 2.45) is 5.92 Å². The molecule has 8 heteroatoms. The fourth-order valence-electron chi connectivity index (χ4n) is 6.67. The average molecular weight is 617 g/mol. The van der Waals surface area contributed by atoms with Crippen LogP contribution >= 0.6 is 0 Å². The second-order valence-corrected chi connectivity index (χ2v) is 12.3. The van der Waals surface area contributed by atoms with Crippen LogP contribution in [0, 0.1) is 11.7 Å². The van der Waals surface area contributed by atoms with Crippen LogP contribution in [0.2, 0.25) is 0 Å². The van der Waals surface area contributed by atoms with Crippen molar-refractivity contribution in [2.45, 2.75) is 37.6 Å². The molecule has 0 unspecified atom stereocenters. The number of carbonyl (C=O) groups is 3. The summed E-state index contributed by atoms with van der Waals surface area (Å²) in [5.41, 5.74) is 4.97. The molecule has 5 aromatic rings. The highest BCUT2D eigenvalue weighted by atomic mass is 19.1. The minimum atomic E-state index is -0.392. The van der Waals surface area contributed by atoms with Crippen molar-refractivity contribution in [3.05, 3.63) is 119 Å². The molecule has 3 aliphatic rings. The van der Waals surface area contributed by atoms with Crippen molar-refractivity contribution in [3.8, 4) is 22.5 Å². The zero-order valence-electron chi connectivity index (χ0n) is 25.4. The normalized spacial score (nSPS) is 17.9. The molecule has 7 nitrogen and oxygen atoms in total. The van der Waals surface area contributed by atoms with Gasteiger partial charge in [-0.3, -0.25) is 9.59 Å². The summed E-state index contributed by atoms with van der Waals surface area (Å²) in [6.07, 6.45) is 4.22. The summed E-state index contributed by atoms with van der Waals surface area (Å²) >= 11 is 0. The van der Waals surface area contributed by atoms with E-state index in [1.54, 1.807) is 43.4 Å². The molecular weight excluding hydrogens is 583 g/mol. The Labute approximate surface area is 265 Å². The van der Waals surface area contributed by atoms with E-state index < -0.39 is 5.82 Å². The number of fused-ring (bicyclic) bond motifs is 1. The third-order valence-corrected chi connectivity index (χ3v) is 9.16. The molecule has 0 atom stereocenters. The lowest BCUT2D eigenvalue weighted by molar-refractivity contribution is -0.0438. The molecule has 232 valence electrons. The molecule has 1 aromatic heterocycles. The number of hydrogen-bond acceptors (Lipinski definition) is 5. The Balaban J connectivity index is 1.25. The molecule has 0 saturated heterocycles. The SMILES string of the molecule is CNC(=O)c1c(-c2ccc(F)cc2)oc2cc(CCCOC(=O)c3ccccc3)c(-c3cccc(C(=O)NC45CC(C4)C5)c3)cc12. The van der Waals surface area contributed by atoms with E-state index in [4.69, 9.17) is 9.15 Å². The average Bonchev–Trinajstić information content (AvgIpc) is 3.42. The highest BCUT2D eigenvalue weighted by Crippen LogP contribution is 2.57. The maximum atomic E-state index is 13.8. The molecule has 3 saturated carbocycles. The van der Waals surface area contributed by atoms with Crippen molar-refractivity contribution in [3.63, 3.8) is 0 Å². The lowest BCUT2D eigenvalue weighted by Gasteiger charge is -2.61. The van der Waals surface area contributed by atoms with Crippen LogP contribution in [0.4, 0.5) is 4.39 Å². The summed E-state index contributed by atoms with van der Waals surface area (Å²) in [5, 5.41) is 6.54. The summed E-state index contributed by atoms with van der Waals surface area (Å²) < 4.78 is 25.6. The Kier molecular flexibility index (Phi) is 7.64. The lowest BCUT2D eigenvalue weighted by atomic mass is 9.50. The van der Waals surface area contributed by atoms with Gasteiger partial charge >= 0.3 is 5.97 Å². The fraction of sp³-hybridized carbons (Fsp3) is 0.237. The fourth-order valence-corrected chi connectivity index (χ4v) is 6.67. The summed E-state index contributed by atoms with van der Waals surface area (Å²) in [6, 6.07) is 26.0. The van der Waals surface area contributed by atoms with Crippen LogP contribution in [0.3, 0.4) is 0 Å². The van der Waals surface area contributed by atoms with Gasteiger partial charge in [0.25, 0.3) is 11.8 Å². The van der Waals surface area contributed by atoms with Crippen LogP contribution in [-0.2, 0) is 11.2 Å². The van der Waals surface area contributed by atoms with Crippen LogP contribution in [0.25, 0.3) is 33.4 Å². The first-order valence-electron chi connectivity index (χ1n) is 15.5. The van der Waals surface area contributed by atoms with E-state index in [1.165, 1.54) is 12.1 Å². The topological polar surface area (TPSA) is 97.6 Å². The molecule has 3 fully saturated rings. The molecule has 46 heavy (non-hydrogen) atoms. The standard InChI is InChI=1S/C38H33FN2O5/c1-40-36(43)33-31-19-30(26-9-5-10-28(17-26)35(42)41-38-20-23(21-38)22-38)27(11-6-16-45-37(44)25-7-3-2-4-8-25)18-32(31)46-34(33)24-12-14-29(39)15-13-24/h2-5,7-10,12-15,17-19,23H,6,11,16,20-22H2,1H3,(H,40,43)(H,41,42). The Morgan fingerprint density at radius 1 is 0.870 bits per heavy atom. The van der Waals surface area contributed by atoms with Crippen molar-refractivity contribution in [1.82, 2.24) is 10.6 Å². The van der Waals surface area contributed by atoms with Crippen LogP contribution in [0.5, 0.6) is 0 Å². The second-order valence-electron chi connectivity index (χ2n) is 12.3. The van der Waals surface area contributed by atoms with Gasteiger partial charge in [0, 0.05) is 29.1 Å². The van der Waals surface area contributed by atoms with Crippen molar-refractivity contribution >= 4 is 28.8 Å². The Morgan fingerprint density at radius 3 is 2.30 bits per heavy atom. The minimum Gasteiger partial charge on any atom is -0.462 e. The summed E-state index contributed by atoms with van der Waals surface area (Å²) in [5.74, 6) is -0.126. The number of nitrogens with one attached hydrogen (secondary N) is 2. The molecule has 0 spiro atoms. The largest absolute Gasteiger partial charge is 0.462 e. The Morgan fingerprint density at radius 2 is 1.61 bits per heavy atom. The van der Waals surface area contributed by atoms with Gasteiger partial charge in [0.2, 0.25) is 0 Å². The summed E-state index contributed by atoms with van der Waals surface area (Å²) in [6.45, 7) is 0.208. The minimum absolute atomic E-state index is 0.0467. The molecule has 2 N–H and O–H groups in total.